The molecule has 126 valence electrons. The number of rotatable bonds is 3. The van der Waals surface area contributed by atoms with Gasteiger partial charge in [-0.2, -0.15) is 0 Å². The van der Waals surface area contributed by atoms with Gasteiger partial charge in [-0.15, -0.1) is 0 Å². The highest BCUT2D eigenvalue weighted by Crippen LogP contribution is 2.41. The molecule has 0 aliphatic carbocycles. The lowest BCUT2D eigenvalue weighted by Gasteiger charge is -2.42. The Morgan fingerprint density at radius 2 is 2.12 bits per heavy atom. The monoisotopic (exact) mass is 324 g/mol. The van der Waals surface area contributed by atoms with Gasteiger partial charge in [0.2, 0.25) is 5.91 Å². The van der Waals surface area contributed by atoms with Gasteiger partial charge < -0.3 is 10.1 Å². The number of carbonyl (C=O) groups is 1. The fourth-order valence-electron chi connectivity index (χ4n) is 4.41. The molecule has 2 saturated heterocycles. The van der Waals surface area contributed by atoms with Crippen LogP contribution in [0.25, 0.3) is 10.8 Å². The Morgan fingerprint density at radius 3 is 3.00 bits per heavy atom. The maximum absolute atomic E-state index is 12.6. The molecule has 4 rings (SSSR count). The van der Waals surface area contributed by atoms with Crippen LogP contribution in [0.5, 0.6) is 0 Å². The van der Waals surface area contributed by atoms with E-state index in [1.54, 1.807) is 7.05 Å². The Balaban J connectivity index is 1.60. The molecule has 4 heteroatoms. The molecule has 0 unspecified atom stereocenters. The number of ether oxygens (including phenoxy) is 1. The van der Waals surface area contributed by atoms with Crippen LogP contribution in [0.15, 0.2) is 42.5 Å². The standard InChI is InChI=1S/C20H24N2O2/c1-21-19(23)20-10-12-24-18(20)9-11-22(14-20)13-16-7-4-6-15-5-2-3-8-17(15)16/h2-8,18H,9-14H2,1H3,(H,21,23)/t18-,20-/m0/s1. The summed E-state index contributed by atoms with van der Waals surface area (Å²) in [5, 5.41) is 5.44. The number of likely N-dealkylation sites (tertiary alicyclic amines) is 1. The summed E-state index contributed by atoms with van der Waals surface area (Å²) in [6.07, 6.45) is 1.82. The Labute approximate surface area is 142 Å². The summed E-state index contributed by atoms with van der Waals surface area (Å²) >= 11 is 0. The molecule has 0 spiro atoms. The van der Waals surface area contributed by atoms with Crippen LogP contribution in [-0.4, -0.2) is 43.7 Å². The molecular formula is C20H24N2O2. The van der Waals surface area contributed by atoms with E-state index in [1.807, 2.05) is 0 Å². The second-order valence-corrected chi connectivity index (χ2v) is 6.98. The predicted molar refractivity (Wildman–Crippen MR) is 94.7 cm³/mol. The predicted octanol–water partition coefficient (Wildman–Crippen LogP) is 2.57. The fraction of sp³-hybridized carbons (Fsp3) is 0.450. The van der Waals surface area contributed by atoms with Crippen molar-refractivity contribution in [3.8, 4) is 0 Å². The van der Waals surface area contributed by atoms with Crippen LogP contribution >= 0.6 is 0 Å². The zero-order chi connectivity index (χ0) is 16.6. The fourth-order valence-corrected chi connectivity index (χ4v) is 4.41. The lowest BCUT2D eigenvalue weighted by Crippen LogP contribution is -2.56. The van der Waals surface area contributed by atoms with Crippen molar-refractivity contribution in [2.75, 3.05) is 26.7 Å². The summed E-state index contributed by atoms with van der Waals surface area (Å²) in [5.41, 5.74) is 0.954. The first-order valence-electron chi connectivity index (χ1n) is 8.76. The summed E-state index contributed by atoms with van der Waals surface area (Å²) in [4.78, 5) is 15.0. The molecule has 0 bridgehead atoms. The van der Waals surface area contributed by atoms with Gasteiger partial charge in [0, 0.05) is 33.3 Å². The van der Waals surface area contributed by atoms with Crippen molar-refractivity contribution >= 4 is 16.7 Å². The van der Waals surface area contributed by atoms with E-state index in [-0.39, 0.29) is 17.4 Å². The van der Waals surface area contributed by atoms with Crippen molar-refractivity contribution in [3.63, 3.8) is 0 Å². The van der Waals surface area contributed by atoms with E-state index in [0.29, 0.717) is 6.61 Å². The van der Waals surface area contributed by atoms with Gasteiger partial charge in [-0.3, -0.25) is 9.69 Å². The maximum Gasteiger partial charge on any atom is 0.229 e. The van der Waals surface area contributed by atoms with E-state index in [0.717, 1.165) is 32.5 Å². The van der Waals surface area contributed by atoms with Crippen molar-refractivity contribution in [3.05, 3.63) is 48.0 Å². The Hall–Kier alpha value is -1.91. The molecule has 4 nitrogen and oxygen atoms in total. The minimum Gasteiger partial charge on any atom is -0.377 e. The highest BCUT2D eigenvalue weighted by Gasteiger charge is 2.52. The van der Waals surface area contributed by atoms with Crippen molar-refractivity contribution in [1.82, 2.24) is 10.2 Å². The second kappa shape index (κ2) is 6.19. The number of amides is 1. The molecule has 24 heavy (non-hydrogen) atoms. The van der Waals surface area contributed by atoms with Crippen molar-refractivity contribution in [2.45, 2.75) is 25.5 Å². The number of nitrogens with one attached hydrogen (secondary N) is 1. The zero-order valence-electron chi connectivity index (χ0n) is 14.1. The first-order chi connectivity index (χ1) is 11.7. The number of nitrogens with zero attached hydrogens (tertiary/aromatic N) is 1. The Morgan fingerprint density at radius 1 is 1.29 bits per heavy atom. The topological polar surface area (TPSA) is 41.6 Å². The largest absolute Gasteiger partial charge is 0.377 e. The molecule has 1 amide bonds. The van der Waals surface area contributed by atoms with Crippen LogP contribution in [0.2, 0.25) is 0 Å². The summed E-state index contributed by atoms with van der Waals surface area (Å²) in [5.74, 6) is 0.132. The molecule has 2 aromatic rings. The minimum absolute atomic E-state index is 0.0706. The SMILES string of the molecule is CNC(=O)[C@]12CCO[C@H]1CCN(Cc1cccc3ccccc13)C2. The van der Waals surface area contributed by atoms with Gasteiger partial charge in [0.25, 0.3) is 0 Å². The summed E-state index contributed by atoms with van der Waals surface area (Å²) in [6, 6.07) is 15.0. The van der Waals surface area contributed by atoms with E-state index in [2.05, 4.69) is 52.7 Å². The number of piperidine rings is 1. The normalized spacial score (nSPS) is 27.1. The Bertz CT molecular complexity index is 755. The molecule has 2 atom stereocenters. The van der Waals surface area contributed by atoms with Gasteiger partial charge in [0.15, 0.2) is 0 Å². The maximum atomic E-state index is 12.6. The van der Waals surface area contributed by atoms with Crippen LogP contribution in [-0.2, 0) is 16.1 Å². The van der Waals surface area contributed by atoms with E-state index < -0.39 is 0 Å². The summed E-state index contributed by atoms with van der Waals surface area (Å²) in [6.45, 7) is 3.33. The van der Waals surface area contributed by atoms with E-state index in [9.17, 15) is 4.79 Å². The third-order valence-electron chi connectivity index (χ3n) is 5.65. The lowest BCUT2D eigenvalue weighted by atomic mass is 9.75. The summed E-state index contributed by atoms with van der Waals surface area (Å²) < 4.78 is 5.86. The highest BCUT2D eigenvalue weighted by molar-refractivity contribution is 5.86. The number of fused-ring (bicyclic) bond motifs is 2. The van der Waals surface area contributed by atoms with Gasteiger partial charge in [-0.05, 0) is 29.2 Å². The van der Waals surface area contributed by atoms with Gasteiger partial charge >= 0.3 is 0 Å². The average molecular weight is 324 g/mol. The first kappa shape index (κ1) is 15.6. The van der Waals surface area contributed by atoms with Crippen LogP contribution in [0.3, 0.4) is 0 Å². The van der Waals surface area contributed by atoms with Gasteiger partial charge in [0.1, 0.15) is 0 Å². The first-order valence-corrected chi connectivity index (χ1v) is 8.76. The molecule has 2 aliphatic rings. The number of hydrogen-bond donors (Lipinski definition) is 1. The zero-order valence-corrected chi connectivity index (χ0v) is 14.1. The number of benzene rings is 2. The number of carbonyl (C=O) groups excluding carboxylic acids is 1. The molecular weight excluding hydrogens is 300 g/mol. The Kier molecular flexibility index (Phi) is 4.02. The van der Waals surface area contributed by atoms with Gasteiger partial charge in [0.05, 0.1) is 11.5 Å². The average Bonchev–Trinajstić information content (AvgIpc) is 3.06. The summed E-state index contributed by atoms with van der Waals surface area (Å²) in [7, 11) is 1.73. The van der Waals surface area contributed by atoms with Crippen LogP contribution in [0, 0.1) is 5.41 Å². The quantitative estimate of drug-likeness (QED) is 0.943. The third-order valence-corrected chi connectivity index (χ3v) is 5.65. The molecule has 0 radical (unpaired) electrons. The molecule has 2 aromatic carbocycles. The second-order valence-electron chi connectivity index (χ2n) is 6.98. The molecule has 2 heterocycles. The smallest absolute Gasteiger partial charge is 0.229 e. The van der Waals surface area contributed by atoms with Crippen LogP contribution in [0.1, 0.15) is 18.4 Å². The molecule has 2 fully saturated rings. The van der Waals surface area contributed by atoms with Crippen molar-refractivity contribution in [2.24, 2.45) is 5.41 Å². The minimum atomic E-state index is -0.377. The van der Waals surface area contributed by atoms with Crippen molar-refractivity contribution < 1.29 is 9.53 Å². The molecule has 2 aliphatic heterocycles. The lowest BCUT2D eigenvalue weighted by molar-refractivity contribution is -0.138. The van der Waals surface area contributed by atoms with Gasteiger partial charge in [-0.25, -0.2) is 0 Å². The van der Waals surface area contributed by atoms with E-state index >= 15 is 0 Å². The van der Waals surface area contributed by atoms with Gasteiger partial charge in [-0.1, -0.05) is 42.5 Å². The molecule has 0 saturated carbocycles. The molecule has 0 aromatic heterocycles. The van der Waals surface area contributed by atoms with E-state index in [1.165, 1.54) is 16.3 Å². The van der Waals surface area contributed by atoms with Crippen LogP contribution < -0.4 is 5.32 Å². The van der Waals surface area contributed by atoms with Crippen LogP contribution in [0.4, 0.5) is 0 Å². The number of hydrogen-bond acceptors (Lipinski definition) is 3. The molecule has 1 N–H and O–H groups in total. The highest BCUT2D eigenvalue weighted by atomic mass is 16.5. The van der Waals surface area contributed by atoms with E-state index in [4.69, 9.17) is 4.74 Å². The third kappa shape index (κ3) is 2.50. The van der Waals surface area contributed by atoms with Crippen molar-refractivity contribution in [1.29, 1.82) is 0 Å².